The predicted molar refractivity (Wildman–Crippen MR) is 106 cm³/mol. The zero-order valence-corrected chi connectivity index (χ0v) is 17.4. The number of carbonyl (C=O) groups excluding carboxylic acids is 1. The number of rotatable bonds is 3. The van der Waals surface area contributed by atoms with Crippen LogP contribution in [0.15, 0.2) is 58.0 Å². The van der Waals surface area contributed by atoms with Gasteiger partial charge in [-0.25, -0.2) is 9.79 Å². The number of ether oxygens (including phenoxy) is 1. The molecular weight excluding hydrogens is 471 g/mol. The summed E-state index contributed by atoms with van der Waals surface area (Å²) in [5.41, 5.74) is 6.26. The minimum atomic E-state index is -5.08. The molecule has 0 radical (unpaired) electrons. The summed E-state index contributed by atoms with van der Waals surface area (Å²) in [5, 5.41) is 7.12. The van der Waals surface area contributed by atoms with Crippen molar-refractivity contribution in [3.05, 3.63) is 64.1 Å². The molecule has 0 aromatic heterocycles. The van der Waals surface area contributed by atoms with Gasteiger partial charge in [0.25, 0.3) is 5.91 Å². The van der Waals surface area contributed by atoms with Crippen LogP contribution in [-0.2, 0) is 15.1 Å². The topological polar surface area (TPSA) is 105 Å². The number of aliphatic carboxylic acids is 1. The van der Waals surface area contributed by atoms with Crippen molar-refractivity contribution >= 4 is 33.8 Å². The standard InChI is InChI=1S/C17H16BrN3O2.C2HF3O2/c1-21-15(22)17(20-16(21)19,12-4-3-5-13(18)10-12)11-6-8-14(23-2)9-7-11;3-2(4,5)1(6)7/h3-10H,1-2H3,(H2,19,20);(H,6,7). The molecule has 0 fully saturated rings. The van der Waals surface area contributed by atoms with Gasteiger partial charge < -0.3 is 15.6 Å². The second-order valence-corrected chi connectivity index (χ2v) is 7.00. The van der Waals surface area contributed by atoms with Crippen molar-refractivity contribution < 1.29 is 32.6 Å². The number of methoxy groups -OCH3 is 1. The highest BCUT2D eigenvalue weighted by Crippen LogP contribution is 2.40. The summed E-state index contributed by atoms with van der Waals surface area (Å²) in [6, 6.07) is 14.9. The molecular formula is C19H17BrF3N3O4. The molecule has 1 amide bonds. The molecule has 160 valence electrons. The first-order valence-corrected chi connectivity index (χ1v) is 9.07. The lowest BCUT2D eigenvalue weighted by Gasteiger charge is -2.26. The van der Waals surface area contributed by atoms with Crippen molar-refractivity contribution in [2.24, 2.45) is 10.7 Å². The number of benzene rings is 2. The van der Waals surface area contributed by atoms with Gasteiger partial charge in [0, 0.05) is 11.5 Å². The number of aliphatic imine (C=N–C) groups is 1. The number of amides is 1. The zero-order chi connectivity index (χ0) is 22.7. The molecule has 0 spiro atoms. The smallest absolute Gasteiger partial charge is 0.490 e. The number of hydrogen-bond acceptors (Lipinski definition) is 5. The molecule has 11 heteroatoms. The normalized spacial score (nSPS) is 18.4. The van der Waals surface area contributed by atoms with Gasteiger partial charge in [0.15, 0.2) is 11.5 Å². The first-order valence-electron chi connectivity index (χ1n) is 8.27. The summed E-state index contributed by atoms with van der Waals surface area (Å²) >= 11 is 3.45. The Bertz CT molecular complexity index is 980. The first kappa shape index (κ1) is 23.2. The number of halogens is 4. The summed E-state index contributed by atoms with van der Waals surface area (Å²) in [7, 11) is 3.23. The zero-order valence-electron chi connectivity index (χ0n) is 15.8. The molecule has 3 rings (SSSR count). The largest absolute Gasteiger partial charge is 0.497 e. The molecule has 2 aromatic rings. The molecule has 7 nitrogen and oxygen atoms in total. The number of carboxylic acids is 1. The number of hydrogen-bond donors (Lipinski definition) is 2. The van der Waals surface area contributed by atoms with Gasteiger partial charge in [-0.15, -0.1) is 0 Å². The molecule has 1 unspecified atom stereocenters. The highest BCUT2D eigenvalue weighted by atomic mass is 79.9. The van der Waals surface area contributed by atoms with E-state index < -0.39 is 17.7 Å². The maximum absolute atomic E-state index is 13.0. The van der Waals surface area contributed by atoms with E-state index in [4.69, 9.17) is 20.4 Å². The number of nitrogens with two attached hydrogens (primary N) is 1. The van der Waals surface area contributed by atoms with E-state index in [1.807, 2.05) is 48.5 Å². The van der Waals surface area contributed by atoms with Crippen LogP contribution in [0.25, 0.3) is 0 Å². The summed E-state index contributed by atoms with van der Waals surface area (Å²) in [4.78, 5) is 27.8. The minimum Gasteiger partial charge on any atom is -0.497 e. The minimum absolute atomic E-state index is 0.182. The highest BCUT2D eigenvalue weighted by Gasteiger charge is 2.49. The fraction of sp³-hybridized carbons (Fsp3) is 0.211. The van der Waals surface area contributed by atoms with Crippen LogP contribution in [-0.4, -0.2) is 48.2 Å². The molecule has 1 aliphatic rings. The quantitative estimate of drug-likeness (QED) is 0.691. The van der Waals surface area contributed by atoms with Crippen LogP contribution in [0, 0.1) is 0 Å². The average molecular weight is 488 g/mol. The fourth-order valence-corrected chi connectivity index (χ4v) is 3.13. The third-order valence-electron chi connectivity index (χ3n) is 4.23. The third-order valence-corrected chi connectivity index (χ3v) is 4.73. The van der Waals surface area contributed by atoms with Gasteiger partial charge in [-0.3, -0.25) is 9.69 Å². The van der Waals surface area contributed by atoms with Crippen LogP contribution in [0.2, 0.25) is 0 Å². The Kier molecular flexibility index (Phi) is 6.76. The first-order chi connectivity index (χ1) is 13.9. The maximum Gasteiger partial charge on any atom is 0.490 e. The number of nitrogens with zero attached hydrogens (tertiary/aromatic N) is 2. The molecule has 2 aromatic carbocycles. The van der Waals surface area contributed by atoms with Crippen molar-refractivity contribution in [3.8, 4) is 5.75 Å². The lowest BCUT2D eigenvalue weighted by atomic mass is 9.83. The van der Waals surface area contributed by atoms with Gasteiger partial charge in [-0.2, -0.15) is 13.2 Å². The third kappa shape index (κ3) is 4.56. The lowest BCUT2D eigenvalue weighted by Crippen LogP contribution is -2.41. The number of carboxylic acid groups (broad SMARTS) is 1. The molecule has 30 heavy (non-hydrogen) atoms. The van der Waals surface area contributed by atoms with Gasteiger partial charge >= 0.3 is 12.1 Å². The second-order valence-electron chi connectivity index (χ2n) is 6.09. The van der Waals surface area contributed by atoms with Gasteiger partial charge in [0.1, 0.15) is 5.75 Å². The van der Waals surface area contributed by atoms with Gasteiger partial charge in [-0.05, 0) is 35.4 Å². The summed E-state index contributed by atoms with van der Waals surface area (Å²) in [6.07, 6.45) is -5.08. The molecule has 0 saturated heterocycles. The lowest BCUT2D eigenvalue weighted by molar-refractivity contribution is -0.192. The van der Waals surface area contributed by atoms with E-state index in [0.29, 0.717) is 5.75 Å². The Hall–Kier alpha value is -3.08. The SMILES string of the molecule is COc1ccc(C2(c3cccc(Br)c3)N=C(N)N(C)C2=O)cc1.O=C(O)C(F)(F)F. The number of alkyl halides is 3. The van der Waals surface area contributed by atoms with Gasteiger partial charge in [0.05, 0.1) is 7.11 Å². The Morgan fingerprint density at radius 1 is 1.20 bits per heavy atom. The van der Waals surface area contributed by atoms with Crippen LogP contribution in [0.1, 0.15) is 11.1 Å². The summed E-state index contributed by atoms with van der Waals surface area (Å²) in [5.74, 6) is -2.02. The summed E-state index contributed by atoms with van der Waals surface area (Å²) < 4.78 is 37.8. The molecule has 1 heterocycles. The molecule has 3 N–H and O–H groups in total. The van der Waals surface area contributed by atoms with E-state index in [-0.39, 0.29) is 11.9 Å². The van der Waals surface area contributed by atoms with Crippen molar-refractivity contribution in [1.82, 2.24) is 4.90 Å². The van der Waals surface area contributed by atoms with Crippen molar-refractivity contribution in [2.75, 3.05) is 14.2 Å². The number of guanidine groups is 1. The van der Waals surface area contributed by atoms with Crippen LogP contribution < -0.4 is 10.5 Å². The van der Waals surface area contributed by atoms with E-state index in [1.54, 1.807) is 14.2 Å². The monoisotopic (exact) mass is 487 g/mol. The Labute approximate surface area is 178 Å². The number of carbonyl (C=O) groups is 2. The van der Waals surface area contributed by atoms with Crippen LogP contribution >= 0.6 is 15.9 Å². The van der Waals surface area contributed by atoms with Crippen LogP contribution in [0.5, 0.6) is 5.75 Å². The van der Waals surface area contributed by atoms with E-state index in [2.05, 4.69) is 20.9 Å². The fourth-order valence-electron chi connectivity index (χ4n) is 2.73. The predicted octanol–water partition coefficient (Wildman–Crippen LogP) is 3.12. The van der Waals surface area contributed by atoms with E-state index in [0.717, 1.165) is 15.6 Å². The van der Waals surface area contributed by atoms with Crippen molar-refractivity contribution in [1.29, 1.82) is 0 Å². The van der Waals surface area contributed by atoms with Crippen LogP contribution in [0.3, 0.4) is 0 Å². The Morgan fingerprint density at radius 2 is 1.77 bits per heavy atom. The van der Waals surface area contributed by atoms with Crippen molar-refractivity contribution in [3.63, 3.8) is 0 Å². The highest BCUT2D eigenvalue weighted by molar-refractivity contribution is 9.10. The van der Waals surface area contributed by atoms with Gasteiger partial charge in [-0.1, -0.05) is 40.2 Å². The Balaban J connectivity index is 0.000000396. The Morgan fingerprint density at radius 3 is 2.17 bits per heavy atom. The summed E-state index contributed by atoms with van der Waals surface area (Å²) in [6.45, 7) is 0. The van der Waals surface area contributed by atoms with Crippen LogP contribution in [0.4, 0.5) is 13.2 Å². The number of likely N-dealkylation sites (N-methyl/N-ethyl adjacent to an activating group) is 1. The average Bonchev–Trinajstić information content (AvgIpc) is 2.93. The van der Waals surface area contributed by atoms with E-state index >= 15 is 0 Å². The van der Waals surface area contributed by atoms with Crippen molar-refractivity contribution in [2.45, 2.75) is 11.7 Å². The van der Waals surface area contributed by atoms with E-state index in [9.17, 15) is 18.0 Å². The molecule has 0 bridgehead atoms. The maximum atomic E-state index is 13.0. The molecule has 0 aliphatic carbocycles. The second kappa shape index (κ2) is 8.74. The molecule has 1 atom stereocenters. The molecule has 0 saturated carbocycles. The van der Waals surface area contributed by atoms with Gasteiger partial charge in [0.2, 0.25) is 0 Å². The van der Waals surface area contributed by atoms with E-state index in [1.165, 1.54) is 4.90 Å². The molecule has 1 aliphatic heterocycles.